The lowest BCUT2D eigenvalue weighted by molar-refractivity contribution is -0.132. The summed E-state index contributed by atoms with van der Waals surface area (Å²) in [5.41, 5.74) is 3.09. The van der Waals surface area contributed by atoms with Crippen LogP contribution in [0.3, 0.4) is 0 Å². The Kier molecular flexibility index (Phi) is 5.40. The largest absolute Gasteiger partial charge is 0.374 e. The van der Waals surface area contributed by atoms with Crippen LogP contribution in [0.5, 0.6) is 0 Å². The number of amides is 1. The molecule has 148 valence electrons. The molecule has 0 saturated carbocycles. The maximum atomic E-state index is 14.0. The fourth-order valence-corrected chi connectivity index (χ4v) is 4.72. The molecular weight excluding hydrogens is 357 g/mol. The quantitative estimate of drug-likeness (QED) is 0.792. The van der Waals surface area contributed by atoms with Gasteiger partial charge in [0.1, 0.15) is 12.1 Å². The lowest BCUT2D eigenvalue weighted by Gasteiger charge is -2.40. The van der Waals surface area contributed by atoms with Crippen LogP contribution in [0.4, 0.5) is 4.39 Å². The number of carbonyl (C=O) groups excluding carboxylic acids is 1. The van der Waals surface area contributed by atoms with E-state index in [1.807, 2.05) is 17.9 Å². The Bertz CT molecular complexity index is 835. The van der Waals surface area contributed by atoms with Gasteiger partial charge in [-0.2, -0.15) is 0 Å². The molecule has 2 aliphatic rings. The van der Waals surface area contributed by atoms with E-state index in [1.54, 1.807) is 18.5 Å². The Morgan fingerprint density at radius 1 is 1.29 bits per heavy atom. The summed E-state index contributed by atoms with van der Waals surface area (Å²) in [5, 5.41) is 0. The third-order valence-electron chi connectivity index (χ3n) is 6.19. The van der Waals surface area contributed by atoms with Crippen LogP contribution in [0.2, 0.25) is 0 Å². The van der Waals surface area contributed by atoms with E-state index < -0.39 is 0 Å². The zero-order valence-electron chi connectivity index (χ0n) is 16.2. The highest BCUT2D eigenvalue weighted by atomic mass is 19.1. The first-order valence-electron chi connectivity index (χ1n) is 10.0. The molecule has 0 radical (unpaired) electrons. The van der Waals surface area contributed by atoms with Crippen LogP contribution in [0.25, 0.3) is 0 Å². The van der Waals surface area contributed by atoms with Gasteiger partial charge in [-0.15, -0.1) is 0 Å². The molecule has 1 unspecified atom stereocenters. The number of halogens is 1. The van der Waals surface area contributed by atoms with Crippen LogP contribution < -0.4 is 0 Å². The van der Waals surface area contributed by atoms with E-state index in [4.69, 9.17) is 4.74 Å². The van der Waals surface area contributed by atoms with E-state index in [2.05, 4.69) is 9.97 Å². The summed E-state index contributed by atoms with van der Waals surface area (Å²) >= 11 is 0. The summed E-state index contributed by atoms with van der Waals surface area (Å²) in [6.07, 6.45) is 8.74. The molecule has 1 fully saturated rings. The zero-order chi connectivity index (χ0) is 19.6. The Balaban J connectivity index is 1.42. The zero-order valence-corrected chi connectivity index (χ0v) is 16.2. The van der Waals surface area contributed by atoms with Gasteiger partial charge in [-0.05, 0) is 61.4 Å². The molecule has 1 saturated heterocycles. The van der Waals surface area contributed by atoms with Crippen molar-refractivity contribution >= 4 is 5.91 Å². The van der Waals surface area contributed by atoms with Crippen molar-refractivity contribution in [3.05, 3.63) is 59.4 Å². The number of piperidine rings is 1. The van der Waals surface area contributed by atoms with Crippen molar-refractivity contribution in [2.45, 2.75) is 50.5 Å². The Labute approximate surface area is 164 Å². The van der Waals surface area contributed by atoms with Crippen molar-refractivity contribution in [2.75, 3.05) is 19.7 Å². The second-order valence-electron chi connectivity index (χ2n) is 7.79. The van der Waals surface area contributed by atoms with Gasteiger partial charge < -0.3 is 9.64 Å². The van der Waals surface area contributed by atoms with Gasteiger partial charge >= 0.3 is 0 Å². The maximum Gasteiger partial charge on any atom is 0.222 e. The average molecular weight is 383 g/mol. The van der Waals surface area contributed by atoms with Gasteiger partial charge in [0.25, 0.3) is 0 Å². The molecule has 1 aliphatic carbocycles. The summed E-state index contributed by atoms with van der Waals surface area (Å²) in [6, 6.07) is 5.08. The van der Waals surface area contributed by atoms with E-state index in [0.29, 0.717) is 32.5 Å². The van der Waals surface area contributed by atoms with Crippen molar-refractivity contribution in [1.29, 1.82) is 0 Å². The monoisotopic (exact) mass is 383 g/mol. The number of ether oxygens (including phenoxy) is 1. The molecule has 2 heterocycles. The summed E-state index contributed by atoms with van der Waals surface area (Å²) in [4.78, 5) is 22.6. The highest BCUT2D eigenvalue weighted by Gasteiger charge is 2.46. The third-order valence-corrected chi connectivity index (χ3v) is 6.19. The highest BCUT2D eigenvalue weighted by Crippen LogP contribution is 2.52. The first kappa shape index (κ1) is 19.0. The standard InChI is InChI=1S/C22H26FN3O2/c1-2-28-20-12-22(19-11-17(23)4-5-18(19)20)7-9-26(10-8-22)21(27)6-3-16-13-24-15-25-14-16/h4-5,11,13-15,20H,2-3,6-10,12H2,1H3. The number of carbonyl (C=O) groups is 1. The van der Waals surface area contributed by atoms with Gasteiger partial charge in [0, 0.05) is 43.9 Å². The van der Waals surface area contributed by atoms with Crippen LogP contribution >= 0.6 is 0 Å². The van der Waals surface area contributed by atoms with Gasteiger partial charge in [0.05, 0.1) is 6.10 Å². The lowest BCUT2D eigenvalue weighted by atomic mass is 9.73. The van der Waals surface area contributed by atoms with Crippen molar-refractivity contribution in [3.8, 4) is 0 Å². The van der Waals surface area contributed by atoms with E-state index in [9.17, 15) is 9.18 Å². The van der Waals surface area contributed by atoms with Gasteiger partial charge in [0.15, 0.2) is 0 Å². The lowest BCUT2D eigenvalue weighted by Crippen LogP contribution is -2.44. The minimum atomic E-state index is -0.196. The topological polar surface area (TPSA) is 55.3 Å². The number of hydrogen-bond acceptors (Lipinski definition) is 4. The Morgan fingerprint density at radius 2 is 2.04 bits per heavy atom. The molecule has 6 heteroatoms. The summed E-state index contributed by atoms with van der Waals surface area (Å²) in [6.45, 7) is 4.05. The molecule has 1 spiro atoms. The van der Waals surface area contributed by atoms with Gasteiger partial charge in [-0.3, -0.25) is 4.79 Å². The normalized spacial score (nSPS) is 20.4. The number of nitrogens with zero attached hydrogens (tertiary/aromatic N) is 3. The number of hydrogen-bond donors (Lipinski definition) is 0. The number of aromatic nitrogens is 2. The summed E-state index contributed by atoms with van der Waals surface area (Å²) in [7, 11) is 0. The fraction of sp³-hybridized carbons (Fsp3) is 0.500. The van der Waals surface area contributed by atoms with E-state index in [0.717, 1.165) is 36.0 Å². The van der Waals surface area contributed by atoms with Crippen molar-refractivity contribution in [2.24, 2.45) is 0 Å². The summed E-state index contributed by atoms with van der Waals surface area (Å²) < 4.78 is 19.9. The SMILES string of the molecule is CCOC1CC2(CCN(C(=O)CCc3cncnc3)CC2)c2cc(F)ccc21. The number of rotatable bonds is 5. The van der Waals surface area contributed by atoms with Crippen molar-refractivity contribution in [3.63, 3.8) is 0 Å². The molecular formula is C22H26FN3O2. The van der Waals surface area contributed by atoms with E-state index in [1.165, 1.54) is 12.4 Å². The molecule has 2 aromatic rings. The molecule has 28 heavy (non-hydrogen) atoms. The predicted molar refractivity (Wildman–Crippen MR) is 103 cm³/mol. The van der Waals surface area contributed by atoms with Gasteiger partial charge in [-0.25, -0.2) is 14.4 Å². The predicted octanol–water partition coefficient (Wildman–Crippen LogP) is 3.59. The molecule has 1 aliphatic heterocycles. The molecule has 1 aromatic heterocycles. The van der Waals surface area contributed by atoms with Crippen molar-refractivity contribution < 1.29 is 13.9 Å². The van der Waals surface area contributed by atoms with Crippen LogP contribution in [-0.4, -0.2) is 40.5 Å². The van der Waals surface area contributed by atoms with Gasteiger partial charge in [-0.1, -0.05) is 6.07 Å². The van der Waals surface area contributed by atoms with Crippen LogP contribution in [0.15, 0.2) is 36.9 Å². The van der Waals surface area contributed by atoms with E-state index >= 15 is 0 Å². The number of aryl methyl sites for hydroxylation is 1. The number of benzene rings is 1. The molecule has 0 bridgehead atoms. The van der Waals surface area contributed by atoms with Crippen LogP contribution in [0, 0.1) is 5.82 Å². The van der Waals surface area contributed by atoms with Crippen molar-refractivity contribution in [1.82, 2.24) is 14.9 Å². The maximum absolute atomic E-state index is 14.0. The molecule has 4 rings (SSSR count). The van der Waals surface area contributed by atoms with Crippen LogP contribution in [-0.2, 0) is 21.4 Å². The molecule has 1 amide bonds. The summed E-state index contributed by atoms with van der Waals surface area (Å²) in [5.74, 6) is -0.0311. The molecule has 1 aromatic carbocycles. The Morgan fingerprint density at radius 3 is 2.75 bits per heavy atom. The average Bonchev–Trinajstić information content (AvgIpc) is 3.00. The minimum Gasteiger partial charge on any atom is -0.374 e. The Hall–Kier alpha value is -2.34. The second-order valence-corrected chi connectivity index (χ2v) is 7.79. The highest BCUT2D eigenvalue weighted by molar-refractivity contribution is 5.76. The van der Waals surface area contributed by atoms with Crippen LogP contribution in [0.1, 0.15) is 55.4 Å². The van der Waals surface area contributed by atoms with Gasteiger partial charge in [0.2, 0.25) is 5.91 Å². The smallest absolute Gasteiger partial charge is 0.222 e. The van der Waals surface area contributed by atoms with E-state index in [-0.39, 0.29) is 23.2 Å². The molecule has 1 atom stereocenters. The third kappa shape index (κ3) is 3.65. The number of fused-ring (bicyclic) bond motifs is 2. The second kappa shape index (κ2) is 7.95. The number of likely N-dealkylation sites (tertiary alicyclic amines) is 1. The first-order valence-corrected chi connectivity index (χ1v) is 10.0. The first-order chi connectivity index (χ1) is 13.6. The molecule has 0 N–H and O–H groups in total. The minimum absolute atomic E-state index is 0.0286. The fourth-order valence-electron chi connectivity index (χ4n) is 4.72. The molecule has 5 nitrogen and oxygen atoms in total.